The van der Waals surface area contributed by atoms with Crippen molar-refractivity contribution in [2.24, 2.45) is 0 Å². The topological polar surface area (TPSA) is 104 Å². The van der Waals surface area contributed by atoms with E-state index in [1.54, 1.807) is 12.1 Å². The van der Waals surface area contributed by atoms with Gasteiger partial charge in [0, 0.05) is 28.6 Å². The minimum Gasteiger partial charge on any atom is -0.506 e. The van der Waals surface area contributed by atoms with Crippen LogP contribution < -0.4 is 20.3 Å². The van der Waals surface area contributed by atoms with E-state index in [0.29, 0.717) is 46.9 Å². The number of aromatic hydroxyl groups is 1. The lowest BCUT2D eigenvalue weighted by Gasteiger charge is -2.15. The van der Waals surface area contributed by atoms with E-state index in [1.165, 1.54) is 12.1 Å². The van der Waals surface area contributed by atoms with Crippen LogP contribution >= 0.6 is 11.6 Å². The molecule has 1 unspecified atom stereocenters. The number of nitrogens with one attached hydrogen (secondary N) is 2. The van der Waals surface area contributed by atoms with E-state index in [-0.39, 0.29) is 11.3 Å². The van der Waals surface area contributed by atoms with Crippen LogP contribution in [0.25, 0.3) is 22.0 Å². The zero-order valence-corrected chi connectivity index (χ0v) is 23.3. The number of halogens is 1. The van der Waals surface area contributed by atoms with Crippen molar-refractivity contribution in [3.63, 3.8) is 0 Å². The second kappa shape index (κ2) is 12.9. The van der Waals surface area contributed by atoms with Crippen LogP contribution in [0.1, 0.15) is 24.2 Å². The smallest absolute Gasteiger partial charge is 0.248 e. The summed E-state index contributed by atoms with van der Waals surface area (Å²) in [5.41, 5.74) is 3.63. The molecule has 1 atom stereocenters. The maximum atomic E-state index is 11.6. The average molecular weight is 571 g/mol. The number of H-pyrrole nitrogens is 1. The summed E-state index contributed by atoms with van der Waals surface area (Å²) in [5, 5.41) is 25.3. The van der Waals surface area contributed by atoms with Gasteiger partial charge in [0.1, 0.15) is 23.0 Å². The van der Waals surface area contributed by atoms with Crippen LogP contribution in [0.4, 0.5) is 0 Å². The van der Waals surface area contributed by atoms with Gasteiger partial charge in [-0.15, -0.1) is 0 Å². The van der Waals surface area contributed by atoms with Crippen molar-refractivity contribution < 1.29 is 19.7 Å². The molecule has 0 saturated heterocycles. The van der Waals surface area contributed by atoms with E-state index in [0.717, 1.165) is 34.6 Å². The Morgan fingerprint density at radius 1 is 0.951 bits per heavy atom. The van der Waals surface area contributed by atoms with E-state index in [4.69, 9.17) is 21.1 Å². The lowest BCUT2D eigenvalue weighted by molar-refractivity contribution is 0.176. The van der Waals surface area contributed by atoms with Gasteiger partial charge in [-0.05, 0) is 91.2 Å². The van der Waals surface area contributed by atoms with Crippen molar-refractivity contribution >= 4 is 22.5 Å². The monoisotopic (exact) mass is 570 g/mol. The number of hydrogen-bond donors (Lipinski definition) is 4. The maximum Gasteiger partial charge on any atom is 0.248 e. The molecule has 5 rings (SSSR count). The first-order valence-electron chi connectivity index (χ1n) is 13.4. The summed E-state index contributed by atoms with van der Waals surface area (Å²) >= 11 is 6.22. The number of aliphatic hydroxyl groups is 1. The first-order valence-corrected chi connectivity index (χ1v) is 13.8. The maximum absolute atomic E-state index is 11.6. The standard InChI is InChI=1S/C33H31ClN2O5/c1-2-40-31-14-10-25(19-28(31)22-4-3-5-23(34)18-22)41-24-8-6-21(7-9-24)16-17-35-20-30(38)26-11-13-29(37)33-27(26)12-15-32(39)36-33/h3-15,18-19,30,35,37-38H,2,16-17,20H2,1H3,(H,36,39). The SMILES string of the molecule is CCOc1ccc(Oc2ccc(CCNCC(O)c3ccc(O)c4[nH]c(=O)ccc34)cc2)cc1-c1cccc(Cl)c1. The van der Waals surface area contributed by atoms with Gasteiger partial charge in [0.05, 0.1) is 18.2 Å². The molecular weight excluding hydrogens is 540 g/mol. The second-order valence-corrected chi connectivity index (χ2v) is 10.0. The predicted octanol–water partition coefficient (Wildman–Crippen LogP) is 6.61. The third kappa shape index (κ3) is 6.89. The number of ether oxygens (including phenoxy) is 2. The first-order chi connectivity index (χ1) is 19.9. The van der Waals surface area contributed by atoms with Crippen LogP contribution in [0.2, 0.25) is 5.02 Å². The van der Waals surface area contributed by atoms with Gasteiger partial charge in [-0.2, -0.15) is 0 Å². The molecule has 7 nitrogen and oxygen atoms in total. The Labute approximate surface area is 243 Å². The Bertz CT molecular complexity index is 1700. The van der Waals surface area contributed by atoms with E-state index >= 15 is 0 Å². The molecule has 4 N–H and O–H groups in total. The van der Waals surface area contributed by atoms with Crippen LogP contribution in [-0.2, 0) is 6.42 Å². The van der Waals surface area contributed by atoms with Crippen molar-refractivity contribution in [2.45, 2.75) is 19.4 Å². The van der Waals surface area contributed by atoms with E-state index in [1.807, 2.05) is 73.7 Å². The number of aromatic amines is 1. The van der Waals surface area contributed by atoms with Crippen LogP contribution in [0.3, 0.4) is 0 Å². The molecule has 0 aliphatic heterocycles. The predicted molar refractivity (Wildman–Crippen MR) is 162 cm³/mol. The van der Waals surface area contributed by atoms with Crippen LogP contribution in [-0.4, -0.2) is 34.9 Å². The summed E-state index contributed by atoms with van der Waals surface area (Å²) in [7, 11) is 0. The molecule has 0 bridgehead atoms. The fraction of sp³-hybridized carbons (Fsp3) is 0.182. The number of aliphatic hydroxyl groups excluding tert-OH is 1. The van der Waals surface area contributed by atoms with Crippen LogP contribution in [0.5, 0.6) is 23.0 Å². The summed E-state index contributed by atoms with van der Waals surface area (Å²) < 4.78 is 12.0. The number of phenols is 1. The molecule has 210 valence electrons. The third-order valence-electron chi connectivity index (χ3n) is 6.74. The highest BCUT2D eigenvalue weighted by molar-refractivity contribution is 6.30. The molecule has 0 aliphatic carbocycles. The average Bonchev–Trinajstić information content (AvgIpc) is 2.97. The molecule has 41 heavy (non-hydrogen) atoms. The molecule has 0 spiro atoms. The molecule has 8 heteroatoms. The van der Waals surface area contributed by atoms with E-state index < -0.39 is 6.10 Å². The third-order valence-corrected chi connectivity index (χ3v) is 6.97. The lowest BCUT2D eigenvalue weighted by atomic mass is 10.0. The summed E-state index contributed by atoms with van der Waals surface area (Å²) in [6, 6.07) is 27.4. The van der Waals surface area contributed by atoms with Gasteiger partial charge in [-0.25, -0.2) is 0 Å². The summed E-state index contributed by atoms with van der Waals surface area (Å²) in [5.74, 6) is 2.15. The first kappa shape index (κ1) is 28.2. The van der Waals surface area contributed by atoms with Crippen molar-refractivity contribution in [1.82, 2.24) is 10.3 Å². The summed E-state index contributed by atoms with van der Waals surface area (Å²) in [6.07, 6.45) is -0.0378. The van der Waals surface area contributed by atoms with E-state index in [9.17, 15) is 15.0 Å². The Hall–Kier alpha value is -4.30. The molecular formula is C33H31ClN2O5. The number of benzene rings is 4. The largest absolute Gasteiger partial charge is 0.506 e. The minimum atomic E-state index is -0.800. The van der Waals surface area contributed by atoms with Gasteiger partial charge < -0.3 is 30.0 Å². The quantitative estimate of drug-likeness (QED) is 0.133. The normalized spacial score (nSPS) is 11.9. The fourth-order valence-electron chi connectivity index (χ4n) is 4.73. The molecule has 0 fully saturated rings. The molecule has 0 aliphatic rings. The number of fused-ring (bicyclic) bond motifs is 1. The molecule has 1 heterocycles. The van der Waals surface area contributed by atoms with Crippen molar-refractivity contribution in [1.29, 1.82) is 0 Å². The fourth-order valence-corrected chi connectivity index (χ4v) is 4.92. The zero-order valence-electron chi connectivity index (χ0n) is 22.6. The van der Waals surface area contributed by atoms with Crippen LogP contribution in [0.15, 0.2) is 95.8 Å². The summed E-state index contributed by atoms with van der Waals surface area (Å²) in [6.45, 7) is 3.49. The van der Waals surface area contributed by atoms with E-state index in [2.05, 4.69) is 10.3 Å². The molecule has 4 aromatic carbocycles. The van der Waals surface area contributed by atoms with Crippen molar-refractivity contribution in [2.75, 3.05) is 19.7 Å². The number of pyridine rings is 1. The second-order valence-electron chi connectivity index (χ2n) is 9.60. The Morgan fingerprint density at radius 2 is 1.76 bits per heavy atom. The minimum absolute atomic E-state index is 0.0295. The molecule has 0 radical (unpaired) electrons. The molecule has 0 amide bonds. The zero-order chi connectivity index (χ0) is 28.8. The lowest BCUT2D eigenvalue weighted by Crippen LogP contribution is -2.24. The number of hydrogen-bond acceptors (Lipinski definition) is 6. The highest BCUT2D eigenvalue weighted by Crippen LogP contribution is 2.36. The molecule has 1 aromatic heterocycles. The van der Waals surface area contributed by atoms with Gasteiger partial charge >= 0.3 is 0 Å². The summed E-state index contributed by atoms with van der Waals surface area (Å²) in [4.78, 5) is 14.3. The van der Waals surface area contributed by atoms with Gasteiger partial charge in [0.15, 0.2) is 0 Å². The molecule has 5 aromatic rings. The Balaban J connectivity index is 1.18. The number of aromatic nitrogens is 1. The van der Waals surface area contributed by atoms with Crippen LogP contribution in [0, 0.1) is 0 Å². The molecule has 0 saturated carbocycles. The van der Waals surface area contributed by atoms with Gasteiger partial charge in [-0.3, -0.25) is 4.79 Å². The Morgan fingerprint density at radius 3 is 2.54 bits per heavy atom. The van der Waals surface area contributed by atoms with Gasteiger partial charge in [0.25, 0.3) is 0 Å². The highest BCUT2D eigenvalue weighted by Gasteiger charge is 2.14. The van der Waals surface area contributed by atoms with Gasteiger partial charge in [-0.1, -0.05) is 41.9 Å². The highest BCUT2D eigenvalue weighted by atomic mass is 35.5. The Kier molecular flexibility index (Phi) is 8.89. The van der Waals surface area contributed by atoms with Crippen molar-refractivity contribution in [3.8, 4) is 34.1 Å². The van der Waals surface area contributed by atoms with Crippen molar-refractivity contribution in [3.05, 3.63) is 117 Å². The van der Waals surface area contributed by atoms with Gasteiger partial charge in [0.2, 0.25) is 5.56 Å². The number of rotatable bonds is 11. The number of phenolic OH excluding ortho intramolecular Hbond substituents is 1.